The molecule has 88 valence electrons. The van der Waals surface area contributed by atoms with Crippen molar-refractivity contribution >= 4 is 0 Å². The summed E-state index contributed by atoms with van der Waals surface area (Å²) in [5.41, 5.74) is 2.05. The van der Waals surface area contributed by atoms with Gasteiger partial charge in [-0.2, -0.15) is 0 Å². The Morgan fingerprint density at radius 3 is 2.31 bits per heavy atom. The highest BCUT2D eigenvalue weighted by Gasteiger charge is 2.64. The maximum Gasteiger partial charge on any atom is 0.0315 e. The van der Waals surface area contributed by atoms with E-state index in [1.807, 2.05) is 18.5 Å². The second kappa shape index (κ2) is 3.56. The Bertz CT molecular complexity index is 354. The molecule has 1 atom stereocenters. The molecule has 0 saturated heterocycles. The van der Waals surface area contributed by atoms with Gasteiger partial charge in [0.05, 0.1) is 0 Å². The van der Waals surface area contributed by atoms with Crippen LogP contribution in [0.3, 0.4) is 0 Å². The summed E-state index contributed by atoms with van der Waals surface area (Å²) in [6.45, 7) is 11.5. The molecule has 0 radical (unpaired) electrons. The summed E-state index contributed by atoms with van der Waals surface area (Å²) in [5, 5.41) is 3.71. The molecule has 0 bridgehead atoms. The van der Waals surface area contributed by atoms with Crippen LogP contribution in [0.4, 0.5) is 0 Å². The average molecular weight is 218 g/mol. The van der Waals surface area contributed by atoms with Crippen molar-refractivity contribution in [3.63, 3.8) is 0 Å². The van der Waals surface area contributed by atoms with Gasteiger partial charge in [0.1, 0.15) is 0 Å². The topological polar surface area (TPSA) is 24.9 Å². The van der Waals surface area contributed by atoms with E-state index in [9.17, 15) is 0 Å². The van der Waals surface area contributed by atoms with Crippen molar-refractivity contribution in [3.8, 4) is 0 Å². The zero-order valence-electron chi connectivity index (χ0n) is 10.9. The summed E-state index contributed by atoms with van der Waals surface area (Å²) in [6, 6.07) is 5.10. The van der Waals surface area contributed by atoms with Crippen molar-refractivity contribution in [3.05, 3.63) is 30.1 Å². The molecule has 1 N–H and O–H groups in total. The van der Waals surface area contributed by atoms with E-state index in [0.29, 0.717) is 22.9 Å². The SMILES string of the molecule is CC(NC1C(C)(C)C1(C)C)c1cccnc1. The first-order chi connectivity index (χ1) is 7.37. The van der Waals surface area contributed by atoms with Crippen LogP contribution in [0.1, 0.15) is 46.2 Å². The highest BCUT2D eigenvalue weighted by atomic mass is 15.1. The summed E-state index contributed by atoms with van der Waals surface area (Å²) >= 11 is 0. The van der Waals surface area contributed by atoms with E-state index in [2.05, 4.69) is 51.0 Å². The van der Waals surface area contributed by atoms with E-state index in [4.69, 9.17) is 0 Å². The third-order valence-corrected chi connectivity index (χ3v) is 4.62. The smallest absolute Gasteiger partial charge is 0.0315 e. The van der Waals surface area contributed by atoms with Crippen molar-refractivity contribution < 1.29 is 0 Å². The van der Waals surface area contributed by atoms with Crippen LogP contribution >= 0.6 is 0 Å². The van der Waals surface area contributed by atoms with Gasteiger partial charge in [-0.3, -0.25) is 4.98 Å². The number of pyridine rings is 1. The normalized spacial score (nSPS) is 24.1. The summed E-state index contributed by atoms with van der Waals surface area (Å²) in [6.07, 6.45) is 3.77. The van der Waals surface area contributed by atoms with Crippen LogP contribution in [0.15, 0.2) is 24.5 Å². The van der Waals surface area contributed by atoms with Gasteiger partial charge >= 0.3 is 0 Å². The molecular weight excluding hydrogens is 196 g/mol. The Balaban J connectivity index is 2.03. The van der Waals surface area contributed by atoms with Crippen LogP contribution in [-0.2, 0) is 0 Å². The molecule has 0 amide bonds. The zero-order valence-corrected chi connectivity index (χ0v) is 10.9. The summed E-state index contributed by atoms with van der Waals surface area (Å²) < 4.78 is 0. The molecule has 1 aliphatic carbocycles. The third kappa shape index (κ3) is 1.65. The van der Waals surface area contributed by atoms with E-state index in [1.165, 1.54) is 5.56 Å². The van der Waals surface area contributed by atoms with Gasteiger partial charge < -0.3 is 5.32 Å². The fourth-order valence-corrected chi connectivity index (χ4v) is 2.59. The maximum atomic E-state index is 4.17. The minimum absolute atomic E-state index is 0.375. The van der Waals surface area contributed by atoms with Crippen LogP contribution in [0.5, 0.6) is 0 Å². The second-order valence-electron chi connectivity index (χ2n) is 6.05. The number of aromatic nitrogens is 1. The van der Waals surface area contributed by atoms with Crippen molar-refractivity contribution in [1.82, 2.24) is 10.3 Å². The van der Waals surface area contributed by atoms with Crippen LogP contribution < -0.4 is 5.32 Å². The van der Waals surface area contributed by atoms with Crippen LogP contribution in [0.25, 0.3) is 0 Å². The quantitative estimate of drug-likeness (QED) is 0.843. The lowest BCUT2D eigenvalue weighted by molar-refractivity contribution is 0.457. The first-order valence-electron chi connectivity index (χ1n) is 6.03. The zero-order chi connectivity index (χ0) is 12.0. The van der Waals surface area contributed by atoms with Crippen LogP contribution in [-0.4, -0.2) is 11.0 Å². The summed E-state index contributed by atoms with van der Waals surface area (Å²) in [7, 11) is 0. The molecule has 1 aromatic rings. The maximum absolute atomic E-state index is 4.17. The van der Waals surface area contributed by atoms with Gasteiger partial charge in [0, 0.05) is 24.5 Å². The van der Waals surface area contributed by atoms with Gasteiger partial charge in [-0.15, -0.1) is 0 Å². The Labute approximate surface area is 98.5 Å². The van der Waals surface area contributed by atoms with Crippen molar-refractivity contribution in [2.75, 3.05) is 0 Å². The largest absolute Gasteiger partial charge is 0.306 e. The summed E-state index contributed by atoms with van der Waals surface area (Å²) in [4.78, 5) is 4.17. The van der Waals surface area contributed by atoms with Gasteiger partial charge in [-0.1, -0.05) is 33.8 Å². The molecule has 0 aromatic carbocycles. The number of nitrogens with zero attached hydrogens (tertiary/aromatic N) is 1. The first-order valence-corrected chi connectivity index (χ1v) is 6.03. The Morgan fingerprint density at radius 1 is 1.25 bits per heavy atom. The van der Waals surface area contributed by atoms with Gasteiger partial charge in [0.25, 0.3) is 0 Å². The lowest BCUT2D eigenvalue weighted by atomic mass is 10.0. The van der Waals surface area contributed by atoms with Crippen LogP contribution in [0, 0.1) is 10.8 Å². The van der Waals surface area contributed by atoms with Crippen molar-refractivity contribution in [2.24, 2.45) is 10.8 Å². The number of rotatable bonds is 3. The number of nitrogens with one attached hydrogen (secondary N) is 1. The predicted molar refractivity (Wildman–Crippen MR) is 67.1 cm³/mol. The van der Waals surface area contributed by atoms with Crippen LogP contribution in [0.2, 0.25) is 0 Å². The molecular formula is C14H22N2. The molecule has 1 aliphatic rings. The molecule has 2 rings (SSSR count). The third-order valence-electron chi connectivity index (χ3n) is 4.62. The van der Waals surface area contributed by atoms with E-state index in [1.54, 1.807) is 0 Å². The molecule has 2 heteroatoms. The predicted octanol–water partition coefficient (Wildman–Crippen LogP) is 3.17. The molecule has 1 saturated carbocycles. The summed E-state index contributed by atoms with van der Waals surface area (Å²) in [5.74, 6) is 0. The van der Waals surface area contributed by atoms with E-state index in [0.717, 1.165) is 0 Å². The van der Waals surface area contributed by atoms with Crippen molar-refractivity contribution in [2.45, 2.75) is 46.7 Å². The standard InChI is InChI=1S/C14H22N2/c1-10(11-7-6-8-15-9-11)16-12-13(2,3)14(12,4)5/h6-10,12,16H,1-5H3. The molecule has 0 spiro atoms. The average Bonchev–Trinajstić information content (AvgIpc) is 2.62. The lowest BCUT2D eigenvalue weighted by Crippen LogP contribution is -2.25. The molecule has 0 aliphatic heterocycles. The molecule has 1 fully saturated rings. The van der Waals surface area contributed by atoms with Gasteiger partial charge in [0.2, 0.25) is 0 Å². The number of hydrogen-bond donors (Lipinski definition) is 1. The van der Waals surface area contributed by atoms with Gasteiger partial charge in [0.15, 0.2) is 0 Å². The Morgan fingerprint density at radius 2 is 1.88 bits per heavy atom. The second-order valence-corrected chi connectivity index (χ2v) is 6.05. The van der Waals surface area contributed by atoms with Crippen molar-refractivity contribution in [1.29, 1.82) is 0 Å². The van der Waals surface area contributed by atoms with Gasteiger partial charge in [-0.05, 0) is 29.4 Å². The Kier molecular flexibility index (Phi) is 2.58. The first kappa shape index (κ1) is 11.6. The monoisotopic (exact) mass is 218 g/mol. The lowest BCUT2D eigenvalue weighted by Gasteiger charge is -2.15. The fraction of sp³-hybridized carbons (Fsp3) is 0.643. The molecule has 1 aromatic heterocycles. The molecule has 16 heavy (non-hydrogen) atoms. The van der Waals surface area contributed by atoms with E-state index in [-0.39, 0.29) is 0 Å². The highest BCUT2D eigenvalue weighted by molar-refractivity contribution is 5.21. The fourth-order valence-electron chi connectivity index (χ4n) is 2.59. The minimum Gasteiger partial charge on any atom is -0.306 e. The van der Waals surface area contributed by atoms with E-state index < -0.39 is 0 Å². The van der Waals surface area contributed by atoms with Gasteiger partial charge in [-0.25, -0.2) is 0 Å². The number of hydrogen-bond acceptors (Lipinski definition) is 2. The Hall–Kier alpha value is -0.890. The van der Waals surface area contributed by atoms with E-state index >= 15 is 0 Å². The molecule has 2 nitrogen and oxygen atoms in total. The molecule has 1 heterocycles. The minimum atomic E-state index is 0.375. The molecule has 1 unspecified atom stereocenters. The highest BCUT2D eigenvalue weighted by Crippen LogP contribution is 2.63.